The molecule has 0 aromatic heterocycles. The molecule has 1 aliphatic carbocycles. The second-order valence-corrected chi connectivity index (χ2v) is 7.27. The molecule has 2 atom stereocenters. The molecule has 0 aromatic rings. The molecular formula is C15H30N2. The number of nitrogens with zero attached hydrogens (tertiary/aromatic N) is 1. The van der Waals surface area contributed by atoms with E-state index in [0.717, 1.165) is 17.9 Å². The Morgan fingerprint density at radius 1 is 1.29 bits per heavy atom. The maximum Gasteiger partial charge on any atom is 0.0224 e. The fourth-order valence-electron chi connectivity index (χ4n) is 2.69. The zero-order valence-corrected chi connectivity index (χ0v) is 12.3. The molecule has 100 valence electrons. The summed E-state index contributed by atoms with van der Waals surface area (Å²) in [6.07, 6.45) is 2.90. The Morgan fingerprint density at radius 3 is 2.47 bits per heavy atom. The summed E-state index contributed by atoms with van der Waals surface area (Å²) in [7, 11) is 0. The molecule has 2 unspecified atom stereocenters. The van der Waals surface area contributed by atoms with E-state index < -0.39 is 0 Å². The first-order valence-corrected chi connectivity index (χ1v) is 7.37. The van der Waals surface area contributed by atoms with Crippen molar-refractivity contribution in [3.63, 3.8) is 0 Å². The van der Waals surface area contributed by atoms with Gasteiger partial charge in [0.15, 0.2) is 0 Å². The maximum absolute atomic E-state index is 3.73. The Bertz CT molecular complexity index is 256. The van der Waals surface area contributed by atoms with Crippen molar-refractivity contribution >= 4 is 0 Å². The van der Waals surface area contributed by atoms with Crippen molar-refractivity contribution in [3.05, 3.63) is 0 Å². The maximum atomic E-state index is 3.73. The molecule has 2 rings (SSSR count). The number of hydrogen-bond acceptors (Lipinski definition) is 2. The van der Waals surface area contributed by atoms with Crippen molar-refractivity contribution in [1.29, 1.82) is 0 Å². The number of rotatable bonds is 4. The summed E-state index contributed by atoms with van der Waals surface area (Å²) in [6.45, 7) is 15.6. The lowest BCUT2D eigenvalue weighted by atomic mass is 9.80. The van der Waals surface area contributed by atoms with E-state index in [0.29, 0.717) is 11.5 Å². The Kier molecular flexibility index (Phi) is 3.84. The molecule has 17 heavy (non-hydrogen) atoms. The Morgan fingerprint density at radius 2 is 1.94 bits per heavy atom. The van der Waals surface area contributed by atoms with Gasteiger partial charge in [-0.1, -0.05) is 27.7 Å². The zero-order chi connectivity index (χ0) is 12.6. The summed E-state index contributed by atoms with van der Waals surface area (Å²) < 4.78 is 0. The molecule has 2 aliphatic rings. The summed E-state index contributed by atoms with van der Waals surface area (Å²) >= 11 is 0. The Labute approximate surface area is 107 Å². The van der Waals surface area contributed by atoms with Gasteiger partial charge in [0, 0.05) is 31.7 Å². The molecule has 0 bridgehead atoms. The molecule has 0 amide bonds. The van der Waals surface area contributed by atoms with E-state index in [1.54, 1.807) is 0 Å². The van der Waals surface area contributed by atoms with Crippen LogP contribution in [0.25, 0.3) is 0 Å². The van der Waals surface area contributed by atoms with Gasteiger partial charge in [-0.15, -0.1) is 0 Å². The molecule has 0 spiro atoms. The molecule has 1 heterocycles. The average Bonchev–Trinajstić information content (AvgIpc) is 3.04. The molecule has 0 radical (unpaired) electrons. The van der Waals surface area contributed by atoms with Crippen molar-refractivity contribution in [2.45, 2.75) is 59.5 Å². The van der Waals surface area contributed by atoms with Crippen LogP contribution < -0.4 is 5.32 Å². The van der Waals surface area contributed by atoms with Crippen molar-refractivity contribution < 1.29 is 0 Å². The third kappa shape index (κ3) is 3.23. The predicted octanol–water partition coefficient (Wildman–Crippen LogP) is 2.74. The smallest absolute Gasteiger partial charge is 0.0224 e. The summed E-state index contributed by atoms with van der Waals surface area (Å²) in [5, 5.41) is 3.73. The van der Waals surface area contributed by atoms with Crippen LogP contribution in [0.3, 0.4) is 0 Å². The molecular weight excluding hydrogens is 208 g/mol. The van der Waals surface area contributed by atoms with Gasteiger partial charge in [-0.2, -0.15) is 0 Å². The van der Waals surface area contributed by atoms with E-state index in [1.165, 1.54) is 32.5 Å². The van der Waals surface area contributed by atoms with E-state index in [9.17, 15) is 0 Å². The van der Waals surface area contributed by atoms with Gasteiger partial charge in [0.05, 0.1) is 0 Å². The van der Waals surface area contributed by atoms with Crippen LogP contribution in [0, 0.1) is 17.3 Å². The van der Waals surface area contributed by atoms with E-state index in [4.69, 9.17) is 0 Å². The first-order valence-electron chi connectivity index (χ1n) is 7.37. The van der Waals surface area contributed by atoms with E-state index in [2.05, 4.69) is 44.8 Å². The fourth-order valence-corrected chi connectivity index (χ4v) is 2.69. The van der Waals surface area contributed by atoms with Crippen molar-refractivity contribution in [2.75, 3.05) is 19.6 Å². The third-order valence-electron chi connectivity index (χ3n) is 5.09. The van der Waals surface area contributed by atoms with Crippen molar-refractivity contribution in [3.8, 4) is 0 Å². The van der Waals surface area contributed by atoms with Crippen LogP contribution >= 0.6 is 0 Å². The largest absolute Gasteiger partial charge is 0.311 e. The van der Waals surface area contributed by atoms with Gasteiger partial charge in [0.2, 0.25) is 0 Å². The van der Waals surface area contributed by atoms with Gasteiger partial charge < -0.3 is 5.32 Å². The first kappa shape index (κ1) is 13.4. The molecule has 2 fully saturated rings. The minimum Gasteiger partial charge on any atom is -0.311 e. The van der Waals surface area contributed by atoms with Gasteiger partial charge >= 0.3 is 0 Å². The minimum atomic E-state index is 0.430. The van der Waals surface area contributed by atoms with Gasteiger partial charge in [-0.25, -0.2) is 0 Å². The van der Waals surface area contributed by atoms with Crippen molar-refractivity contribution in [1.82, 2.24) is 10.2 Å². The topological polar surface area (TPSA) is 15.3 Å². The molecule has 1 saturated heterocycles. The molecule has 2 heteroatoms. The van der Waals surface area contributed by atoms with Crippen molar-refractivity contribution in [2.24, 2.45) is 17.3 Å². The van der Waals surface area contributed by atoms with Crippen LogP contribution in [-0.4, -0.2) is 36.6 Å². The Balaban J connectivity index is 1.93. The minimum absolute atomic E-state index is 0.430. The molecule has 1 N–H and O–H groups in total. The summed E-state index contributed by atoms with van der Waals surface area (Å²) in [6, 6.07) is 1.47. The SMILES string of the molecule is CC1CNC(C2CC2)CN1CC(C)(C)C(C)C. The number of nitrogens with one attached hydrogen (secondary N) is 1. The highest BCUT2D eigenvalue weighted by Crippen LogP contribution is 2.35. The second-order valence-electron chi connectivity index (χ2n) is 7.27. The van der Waals surface area contributed by atoms with E-state index in [1.807, 2.05) is 0 Å². The average molecular weight is 238 g/mol. The summed E-state index contributed by atoms with van der Waals surface area (Å²) in [5.41, 5.74) is 0.430. The van der Waals surface area contributed by atoms with Crippen LogP contribution in [0.2, 0.25) is 0 Å². The highest BCUT2D eigenvalue weighted by atomic mass is 15.2. The van der Waals surface area contributed by atoms with Crippen LogP contribution in [0.5, 0.6) is 0 Å². The summed E-state index contributed by atoms with van der Waals surface area (Å²) in [5.74, 6) is 1.73. The zero-order valence-electron chi connectivity index (χ0n) is 12.3. The van der Waals surface area contributed by atoms with Crippen LogP contribution in [0.4, 0.5) is 0 Å². The molecule has 1 aliphatic heterocycles. The second kappa shape index (κ2) is 4.89. The molecule has 2 nitrogen and oxygen atoms in total. The van der Waals surface area contributed by atoms with Gasteiger partial charge in [-0.05, 0) is 37.0 Å². The van der Waals surface area contributed by atoms with Gasteiger partial charge in [0.25, 0.3) is 0 Å². The normalized spacial score (nSPS) is 32.1. The lowest BCUT2D eigenvalue weighted by molar-refractivity contribution is 0.0668. The highest BCUT2D eigenvalue weighted by molar-refractivity contribution is 4.94. The lowest BCUT2D eigenvalue weighted by Gasteiger charge is -2.44. The molecule has 0 aromatic carbocycles. The first-order chi connectivity index (χ1) is 7.90. The van der Waals surface area contributed by atoms with E-state index >= 15 is 0 Å². The van der Waals surface area contributed by atoms with Crippen LogP contribution in [-0.2, 0) is 0 Å². The predicted molar refractivity (Wildman–Crippen MR) is 74.2 cm³/mol. The lowest BCUT2D eigenvalue weighted by Crippen LogP contribution is -2.58. The fraction of sp³-hybridized carbons (Fsp3) is 1.00. The van der Waals surface area contributed by atoms with Gasteiger partial charge in [-0.3, -0.25) is 4.90 Å². The van der Waals surface area contributed by atoms with Crippen LogP contribution in [0.1, 0.15) is 47.5 Å². The Hall–Kier alpha value is -0.0800. The van der Waals surface area contributed by atoms with E-state index in [-0.39, 0.29) is 0 Å². The van der Waals surface area contributed by atoms with Crippen LogP contribution in [0.15, 0.2) is 0 Å². The standard InChI is InChI=1S/C15H30N2/c1-11(2)15(4,5)10-17-9-14(13-6-7-13)16-8-12(17)3/h11-14,16H,6-10H2,1-5H3. The highest BCUT2D eigenvalue weighted by Gasteiger charge is 2.37. The quantitative estimate of drug-likeness (QED) is 0.810. The molecule has 1 saturated carbocycles. The third-order valence-corrected chi connectivity index (χ3v) is 5.09. The monoisotopic (exact) mass is 238 g/mol. The van der Waals surface area contributed by atoms with Gasteiger partial charge in [0.1, 0.15) is 0 Å². The summed E-state index contributed by atoms with van der Waals surface area (Å²) in [4.78, 5) is 2.72. The number of piperazine rings is 1. The number of hydrogen-bond donors (Lipinski definition) is 1.